The van der Waals surface area contributed by atoms with Crippen LogP contribution in [0.15, 0.2) is 18.3 Å². The van der Waals surface area contributed by atoms with Gasteiger partial charge in [0.25, 0.3) is 0 Å². The Hall–Kier alpha value is -1.28. The Morgan fingerprint density at radius 3 is 2.35 bits per heavy atom. The first kappa shape index (κ1) is 12.2. The maximum atomic E-state index is 12.2. The fourth-order valence-electron chi connectivity index (χ4n) is 1.61. The van der Waals surface area contributed by atoms with E-state index in [4.69, 9.17) is 10.0 Å². The number of pyridine rings is 1. The van der Waals surface area contributed by atoms with Crippen molar-refractivity contribution in [3.05, 3.63) is 18.3 Å². The van der Waals surface area contributed by atoms with Crippen molar-refractivity contribution in [3.63, 3.8) is 0 Å². The summed E-state index contributed by atoms with van der Waals surface area (Å²) in [7, 11) is -1.61. The van der Waals surface area contributed by atoms with Gasteiger partial charge in [0.2, 0.25) is 0 Å². The van der Waals surface area contributed by atoms with E-state index < -0.39 is 19.2 Å². The molecular formula is C9H10BF3N2O2. The molecule has 92 valence electrons. The molecule has 0 spiro atoms. The minimum Gasteiger partial charge on any atom is -0.423 e. The van der Waals surface area contributed by atoms with Gasteiger partial charge in [-0.25, -0.2) is 4.98 Å². The minimum atomic E-state index is -4.16. The van der Waals surface area contributed by atoms with Crippen molar-refractivity contribution >= 4 is 18.4 Å². The van der Waals surface area contributed by atoms with Gasteiger partial charge in [0.05, 0.1) is 5.92 Å². The molecule has 2 rings (SSSR count). The van der Waals surface area contributed by atoms with E-state index in [2.05, 4.69) is 4.98 Å². The molecule has 0 radical (unpaired) electrons. The molecule has 2 heterocycles. The predicted molar refractivity (Wildman–Crippen MR) is 55.8 cm³/mol. The van der Waals surface area contributed by atoms with Gasteiger partial charge in [-0.15, -0.1) is 0 Å². The molecule has 0 bridgehead atoms. The predicted octanol–water partition coefficient (Wildman–Crippen LogP) is -0.240. The fourth-order valence-corrected chi connectivity index (χ4v) is 1.61. The summed E-state index contributed by atoms with van der Waals surface area (Å²) in [5.74, 6) is -0.887. The Bertz CT molecular complexity index is 390. The van der Waals surface area contributed by atoms with E-state index in [-0.39, 0.29) is 18.6 Å². The van der Waals surface area contributed by atoms with Crippen molar-refractivity contribution in [1.82, 2.24) is 4.98 Å². The molecule has 8 heteroatoms. The van der Waals surface area contributed by atoms with Crippen LogP contribution >= 0.6 is 0 Å². The lowest BCUT2D eigenvalue weighted by molar-refractivity contribution is -0.180. The van der Waals surface area contributed by atoms with Crippen LogP contribution in [0.3, 0.4) is 0 Å². The molecule has 1 saturated heterocycles. The van der Waals surface area contributed by atoms with Gasteiger partial charge in [0.1, 0.15) is 5.82 Å². The highest BCUT2D eigenvalue weighted by molar-refractivity contribution is 6.58. The van der Waals surface area contributed by atoms with Crippen LogP contribution < -0.4 is 10.4 Å². The van der Waals surface area contributed by atoms with Crippen LogP contribution in [0.1, 0.15) is 0 Å². The molecule has 2 N–H and O–H groups in total. The Labute approximate surface area is 95.8 Å². The van der Waals surface area contributed by atoms with Crippen LogP contribution in [0.25, 0.3) is 0 Å². The van der Waals surface area contributed by atoms with E-state index >= 15 is 0 Å². The summed E-state index contributed by atoms with van der Waals surface area (Å²) in [6.07, 6.45) is -2.92. The van der Waals surface area contributed by atoms with E-state index in [0.717, 1.165) is 0 Å². The Morgan fingerprint density at radius 1 is 1.29 bits per heavy atom. The first-order valence-corrected chi connectivity index (χ1v) is 5.01. The largest absolute Gasteiger partial charge is 0.490 e. The molecule has 0 saturated carbocycles. The number of hydrogen-bond donors (Lipinski definition) is 2. The van der Waals surface area contributed by atoms with Crippen LogP contribution in [0.2, 0.25) is 0 Å². The average molecular weight is 246 g/mol. The monoisotopic (exact) mass is 246 g/mol. The number of rotatable bonds is 2. The van der Waals surface area contributed by atoms with Gasteiger partial charge >= 0.3 is 13.3 Å². The lowest BCUT2D eigenvalue weighted by Gasteiger charge is -2.40. The van der Waals surface area contributed by atoms with Crippen LogP contribution in [-0.2, 0) is 0 Å². The van der Waals surface area contributed by atoms with E-state index in [1.807, 2.05) is 0 Å². The molecule has 1 aromatic heterocycles. The Morgan fingerprint density at radius 2 is 1.94 bits per heavy atom. The summed E-state index contributed by atoms with van der Waals surface area (Å²) >= 11 is 0. The molecule has 0 unspecified atom stereocenters. The highest BCUT2D eigenvalue weighted by atomic mass is 19.4. The minimum absolute atomic E-state index is 0.0997. The molecule has 0 aliphatic carbocycles. The number of alkyl halides is 3. The highest BCUT2D eigenvalue weighted by Crippen LogP contribution is 2.35. The summed E-state index contributed by atoms with van der Waals surface area (Å²) < 4.78 is 36.7. The molecule has 4 nitrogen and oxygen atoms in total. The number of nitrogens with zero attached hydrogens (tertiary/aromatic N) is 2. The van der Waals surface area contributed by atoms with E-state index in [0.29, 0.717) is 5.82 Å². The number of anilines is 1. The van der Waals surface area contributed by atoms with Gasteiger partial charge in [0, 0.05) is 24.7 Å². The second kappa shape index (κ2) is 4.19. The Kier molecular flexibility index (Phi) is 3.01. The fraction of sp³-hybridized carbons (Fsp3) is 0.444. The highest BCUT2D eigenvalue weighted by Gasteiger charge is 2.47. The third-order valence-corrected chi connectivity index (χ3v) is 2.74. The molecule has 17 heavy (non-hydrogen) atoms. The summed E-state index contributed by atoms with van der Waals surface area (Å²) in [6, 6.07) is 2.90. The van der Waals surface area contributed by atoms with E-state index in [1.165, 1.54) is 23.2 Å². The third kappa shape index (κ3) is 2.53. The molecule has 0 atom stereocenters. The standard InChI is InChI=1S/C9H10BF3N2O2/c11-9(12,13)6-4-15(5-6)8-2-1-7(3-14-8)10(16)17/h1-3,6,16-17H,4-5H2. The maximum Gasteiger partial charge on any atom is 0.490 e. The second-order valence-corrected chi connectivity index (χ2v) is 3.97. The van der Waals surface area contributed by atoms with Gasteiger partial charge < -0.3 is 14.9 Å². The van der Waals surface area contributed by atoms with Gasteiger partial charge in [-0.3, -0.25) is 0 Å². The zero-order chi connectivity index (χ0) is 12.6. The SMILES string of the molecule is OB(O)c1ccc(N2CC(C(F)(F)F)C2)nc1. The van der Waals surface area contributed by atoms with Crippen molar-refractivity contribution < 1.29 is 23.2 Å². The van der Waals surface area contributed by atoms with Crippen LogP contribution in [-0.4, -0.2) is 41.4 Å². The zero-order valence-corrected chi connectivity index (χ0v) is 8.72. The number of hydrogen-bond acceptors (Lipinski definition) is 4. The van der Waals surface area contributed by atoms with Gasteiger partial charge in [0.15, 0.2) is 0 Å². The van der Waals surface area contributed by atoms with Crippen molar-refractivity contribution in [3.8, 4) is 0 Å². The summed E-state index contributed by atoms with van der Waals surface area (Å²) in [5, 5.41) is 17.7. The molecule has 0 aromatic carbocycles. The molecule has 1 aromatic rings. The lowest BCUT2D eigenvalue weighted by Crippen LogP contribution is -2.53. The van der Waals surface area contributed by atoms with Crippen molar-refractivity contribution in [2.24, 2.45) is 5.92 Å². The van der Waals surface area contributed by atoms with Gasteiger partial charge in [-0.1, -0.05) is 6.07 Å². The van der Waals surface area contributed by atoms with E-state index in [9.17, 15) is 13.2 Å². The lowest BCUT2D eigenvalue weighted by atomic mass is 9.82. The summed E-state index contributed by atoms with van der Waals surface area (Å²) in [6.45, 7) is -0.199. The molecule has 1 aliphatic heterocycles. The normalized spacial score (nSPS) is 16.9. The molecule has 1 aliphatic rings. The summed E-state index contributed by atoms with van der Waals surface area (Å²) in [5.41, 5.74) is 0.210. The first-order valence-electron chi connectivity index (χ1n) is 5.01. The van der Waals surface area contributed by atoms with Crippen molar-refractivity contribution in [2.75, 3.05) is 18.0 Å². The first-order chi connectivity index (χ1) is 7.88. The second-order valence-electron chi connectivity index (χ2n) is 3.97. The third-order valence-electron chi connectivity index (χ3n) is 2.74. The van der Waals surface area contributed by atoms with Crippen molar-refractivity contribution in [1.29, 1.82) is 0 Å². The van der Waals surface area contributed by atoms with Crippen LogP contribution in [0, 0.1) is 5.92 Å². The van der Waals surface area contributed by atoms with Crippen LogP contribution in [0.4, 0.5) is 19.0 Å². The van der Waals surface area contributed by atoms with Gasteiger partial charge in [-0.05, 0) is 6.07 Å². The average Bonchev–Trinajstić information content (AvgIpc) is 2.13. The zero-order valence-electron chi connectivity index (χ0n) is 8.72. The molecule has 0 amide bonds. The number of aromatic nitrogens is 1. The molecule has 1 fully saturated rings. The van der Waals surface area contributed by atoms with E-state index in [1.54, 1.807) is 0 Å². The summed E-state index contributed by atoms with van der Waals surface area (Å²) in [4.78, 5) is 5.37. The quantitative estimate of drug-likeness (QED) is 0.707. The Balaban J connectivity index is 1.98. The topological polar surface area (TPSA) is 56.6 Å². The smallest absolute Gasteiger partial charge is 0.423 e. The van der Waals surface area contributed by atoms with Crippen molar-refractivity contribution in [2.45, 2.75) is 6.18 Å². The molecular weight excluding hydrogens is 236 g/mol. The number of halogens is 3. The van der Waals surface area contributed by atoms with Crippen LogP contribution in [0.5, 0.6) is 0 Å². The maximum absolute atomic E-state index is 12.2. The van der Waals surface area contributed by atoms with Gasteiger partial charge in [-0.2, -0.15) is 13.2 Å².